The molecule has 3 aromatic rings. The fourth-order valence-electron chi connectivity index (χ4n) is 3.44. The number of hydrogen-bond donors (Lipinski definition) is 2. The highest BCUT2D eigenvalue weighted by atomic mass is 19.4. The van der Waals surface area contributed by atoms with Gasteiger partial charge in [0.05, 0.1) is 18.9 Å². The molecule has 2 aromatic carbocycles. The molecule has 0 bridgehead atoms. The molecule has 178 valence electrons. The lowest BCUT2D eigenvalue weighted by Gasteiger charge is -2.28. The maximum atomic E-state index is 12.7. The van der Waals surface area contributed by atoms with Crippen molar-refractivity contribution in [2.75, 3.05) is 36.5 Å². The summed E-state index contributed by atoms with van der Waals surface area (Å²) in [6, 6.07) is 14.0. The number of alkyl halides is 3. The van der Waals surface area contributed by atoms with Gasteiger partial charge in [-0.3, -0.25) is 4.79 Å². The number of nitrogens with zero attached hydrogens (tertiary/aromatic N) is 3. The number of hydrogen-bond acceptors (Lipinski definition) is 6. The molecule has 2 heterocycles. The Hall–Kier alpha value is -3.66. The molecule has 2 N–H and O–H groups in total. The van der Waals surface area contributed by atoms with Gasteiger partial charge in [-0.1, -0.05) is 12.1 Å². The minimum atomic E-state index is -4.50. The second-order valence-corrected chi connectivity index (χ2v) is 7.85. The van der Waals surface area contributed by atoms with Gasteiger partial charge < -0.3 is 20.3 Å². The van der Waals surface area contributed by atoms with Crippen molar-refractivity contribution in [2.45, 2.75) is 19.1 Å². The molecule has 0 radical (unpaired) electrons. The molecule has 0 unspecified atom stereocenters. The zero-order chi connectivity index (χ0) is 24.1. The molecule has 1 saturated heterocycles. The Balaban J connectivity index is 1.41. The van der Waals surface area contributed by atoms with Crippen LogP contribution in [0.3, 0.4) is 0 Å². The maximum Gasteiger partial charge on any atom is 0.408 e. The van der Waals surface area contributed by atoms with Crippen molar-refractivity contribution in [3.8, 4) is 11.3 Å². The van der Waals surface area contributed by atoms with E-state index in [1.807, 2.05) is 29.6 Å². The van der Waals surface area contributed by atoms with Crippen molar-refractivity contribution in [1.82, 2.24) is 15.3 Å². The molecule has 1 fully saturated rings. The van der Waals surface area contributed by atoms with Gasteiger partial charge in [0, 0.05) is 41.8 Å². The van der Waals surface area contributed by atoms with Crippen molar-refractivity contribution < 1.29 is 22.7 Å². The minimum absolute atomic E-state index is 0.132. The van der Waals surface area contributed by atoms with Gasteiger partial charge >= 0.3 is 6.18 Å². The van der Waals surface area contributed by atoms with Crippen LogP contribution in [0.5, 0.6) is 0 Å². The highest BCUT2D eigenvalue weighted by Gasteiger charge is 2.37. The normalized spacial score (nSPS) is 15.0. The fourth-order valence-corrected chi connectivity index (χ4v) is 3.44. The molecule has 1 aliphatic heterocycles. The van der Waals surface area contributed by atoms with Gasteiger partial charge in [-0.25, -0.2) is 9.97 Å². The molecule has 34 heavy (non-hydrogen) atoms. The van der Waals surface area contributed by atoms with E-state index < -0.39 is 18.1 Å². The third kappa shape index (κ3) is 5.82. The second kappa shape index (κ2) is 10.1. The number of benzene rings is 2. The first-order valence-electron chi connectivity index (χ1n) is 10.8. The zero-order valence-electron chi connectivity index (χ0n) is 18.5. The summed E-state index contributed by atoms with van der Waals surface area (Å²) in [4.78, 5) is 23.1. The van der Waals surface area contributed by atoms with E-state index in [2.05, 4.69) is 20.2 Å². The van der Waals surface area contributed by atoms with Crippen LogP contribution >= 0.6 is 0 Å². The number of halogens is 3. The van der Waals surface area contributed by atoms with Gasteiger partial charge in [-0.2, -0.15) is 13.2 Å². The predicted octanol–water partition coefficient (Wildman–Crippen LogP) is 4.40. The largest absolute Gasteiger partial charge is 0.408 e. The molecule has 1 aromatic heterocycles. The summed E-state index contributed by atoms with van der Waals surface area (Å²) in [5.74, 6) is -0.389. The first-order valence-corrected chi connectivity index (χ1v) is 10.8. The predicted molar refractivity (Wildman–Crippen MR) is 123 cm³/mol. The van der Waals surface area contributed by atoms with E-state index in [0.29, 0.717) is 17.2 Å². The van der Waals surface area contributed by atoms with Gasteiger partial charge in [-0.15, -0.1) is 0 Å². The number of aromatic nitrogens is 2. The standard InChI is InChI=1S/C24H24F3N5O2/c1-16(24(25,26)27)29-22(33)18-4-2-17(3-5-18)21-10-11-28-23(31-21)30-19-6-8-20(9-7-19)32-12-14-34-15-13-32/h2-11,16H,12-15H2,1H3,(H,29,33)(H,28,30,31)/t16-/m0/s1. The van der Waals surface area contributed by atoms with Crippen LogP contribution in [0.15, 0.2) is 60.8 Å². The average molecular weight is 471 g/mol. The first-order chi connectivity index (χ1) is 16.3. The number of morpholine rings is 1. The van der Waals surface area contributed by atoms with Gasteiger partial charge in [0.2, 0.25) is 5.95 Å². The third-order valence-electron chi connectivity index (χ3n) is 5.44. The smallest absolute Gasteiger partial charge is 0.378 e. The molecule has 1 amide bonds. The molecular formula is C24H24F3N5O2. The minimum Gasteiger partial charge on any atom is -0.378 e. The number of ether oxygens (including phenoxy) is 1. The monoisotopic (exact) mass is 471 g/mol. The number of rotatable bonds is 6. The fraction of sp³-hybridized carbons (Fsp3) is 0.292. The molecule has 10 heteroatoms. The summed E-state index contributed by atoms with van der Waals surface area (Å²) in [5, 5.41) is 5.12. The molecule has 1 aliphatic rings. The SMILES string of the molecule is C[C@H](NC(=O)c1ccc(-c2ccnc(Nc3ccc(N4CCOCC4)cc3)n2)cc1)C(F)(F)F. The van der Waals surface area contributed by atoms with E-state index in [1.54, 1.807) is 24.4 Å². The van der Waals surface area contributed by atoms with Crippen molar-refractivity contribution in [2.24, 2.45) is 0 Å². The van der Waals surface area contributed by atoms with Crippen molar-refractivity contribution >= 4 is 23.2 Å². The van der Waals surface area contributed by atoms with Gasteiger partial charge in [0.15, 0.2) is 0 Å². The average Bonchev–Trinajstić information content (AvgIpc) is 2.85. The number of amides is 1. The van der Waals surface area contributed by atoms with Crippen molar-refractivity contribution in [3.63, 3.8) is 0 Å². The van der Waals surface area contributed by atoms with E-state index in [0.717, 1.165) is 44.6 Å². The molecule has 0 aliphatic carbocycles. The molecule has 0 saturated carbocycles. The molecule has 1 atom stereocenters. The lowest BCUT2D eigenvalue weighted by atomic mass is 10.1. The summed E-state index contributed by atoms with van der Waals surface area (Å²) in [7, 11) is 0. The molecule has 7 nitrogen and oxygen atoms in total. The van der Waals surface area contributed by atoms with Crippen LogP contribution in [-0.4, -0.2) is 54.4 Å². The highest BCUT2D eigenvalue weighted by molar-refractivity contribution is 5.94. The first kappa shape index (κ1) is 23.5. The van der Waals surface area contributed by atoms with Crippen molar-refractivity contribution in [1.29, 1.82) is 0 Å². The lowest BCUT2D eigenvalue weighted by molar-refractivity contribution is -0.149. The Morgan fingerprint density at radius 2 is 1.71 bits per heavy atom. The van der Waals surface area contributed by atoms with E-state index in [-0.39, 0.29) is 5.56 Å². The van der Waals surface area contributed by atoms with Gasteiger partial charge in [-0.05, 0) is 49.4 Å². The summed E-state index contributed by atoms with van der Waals surface area (Å²) in [5.41, 5.74) is 3.40. The van der Waals surface area contributed by atoms with E-state index in [1.165, 1.54) is 12.1 Å². The molecule has 0 spiro atoms. The van der Waals surface area contributed by atoms with Crippen LogP contribution in [0.2, 0.25) is 0 Å². The number of anilines is 3. The van der Waals surface area contributed by atoms with Crippen LogP contribution in [0.1, 0.15) is 17.3 Å². The summed E-state index contributed by atoms with van der Waals surface area (Å²) in [6.45, 7) is 4.06. The zero-order valence-corrected chi connectivity index (χ0v) is 18.5. The van der Waals surface area contributed by atoms with Crippen LogP contribution in [-0.2, 0) is 4.74 Å². The number of nitrogens with one attached hydrogen (secondary N) is 2. The molecular weight excluding hydrogens is 447 g/mol. The van der Waals surface area contributed by atoms with Gasteiger partial charge in [0.1, 0.15) is 6.04 Å². The Morgan fingerprint density at radius 3 is 2.35 bits per heavy atom. The number of carbonyl (C=O) groups is 1. The maximum absolute atomic E-state index is 12.7. The lowest BCUT2D eigenvalue weighted by Crippen LogP contribution is -2.43. The van der Waals surface area contributed by atoms with Crippen LogP contribution in [0, 0.1) is 0 Å². The number of carbonyl (C=O) groups excluding carboxylic acids is 1. The van der Waals surface area contributed by atoms with Crippen LogP contribution < -0.4 is 15.5 Å². The van der Waals surface area contributed by atoms with E-state index >= 15 is 0 Å². The topological polar surface area (TPSA) is 79.4 Å². The van der Waals surface area contributed by atoms with Crippen molar-refractivity contribution in [3.05, 3.63) is 66.4 Å². The van der Waals surface area contributed by atoms with Crippen LogP contribution in [0.4, 0.5) is 30.5 Å². The second-order valence-electron chi connectivity index (χ2n) is 7.85. The summed E-state index contributed by atoms with van der Waals surface area (Å²) < 4.78 is 43.4. The quantitative estimate of drug-likeness (QED) is 0.555. The van der Waals surface area contributed by atoms with Gasteiger partial charge in [0.25, 0.3) is 5.91 Å². The Labute approximate surface area is 195 Å². The Bertz CT molecular complexity index is 1110. The van der Waals surface area contributed by atoms with E-state index in [4.69, 9.17) is 4.74 Å². The van der Waals surface area contributed by atoms with Crippen LogP contribution in [0.25, 0.3) is 11.3 Å². The van der Waals surface area contributed by atoms with E-state index in [9.17, 15) is 18.0 Å². The summed E-state index contributed by atoms with van der Waals surface area (Å²) in [6.07, 6.45) is -2.89. The Morgan fingerprint density at radius 1 is 1.03 bits per heavy atom. The summed E-state index contributed by atoms with van der Waals surface area (Å²) >= 11 is 0. The molecule has 4 rings (SSSR count). The third-order valence-corrected chi connectivity index (χ3v) is 5.44. The highest BCUT2D eigenvalue weighted by Crippen LogP contribution is 2.23. The Kier molecular flexibility index (Phi) is 6.97.